The van der Waals surface area contributed by atoms with E-state index in [1.165, 1.54) is 0 Å². The van der Waals surface area contributed by atoms with Crippen molar-refractivity contribution < 1.29 is 14.0 Å². The smallest absolute Gasteiger partial charge is 0.287 e. The van der Waals surface area contributed by atoms with Gasteiger partial charge in [0.25, 0.3) is 11.8 Å². The molecule has 0 saturated carbocycles. The summed E-state index contributed by atoms with van der Waals surface area (Å²) >= 11 is 6.37. The van der Waals surface area contributed by atoms with Crippen molar-refractivity contribution in [2.75, 3.05) is 11.9 Å². The van der Waals surface area contributed by atoms with Crippen molar-refractivity contribution in [2.24, 2.45) is 0 Å². The van der Waals surface area contributed by atoms with E-state index in [1.54, 1.807) is 12.1 Å². The molecule has 152 valence electrons. The molecule has 0 fully saturated rings. The topological polar surface area (TPSA) is 71.3 Å². The highest BCUT2D eigenvalue weighted by atomic mass is 35.5. The normalized spacial score (nSPS) is 10.9. The Morgan fingerprint density at radius 3 is 2.45 bits per heavy atom. The van der Waals surface area contributed by atoms with Crippen LogP contribution in [0.4, 0.5) is 5.69 Å². The first-order chi connectivity index (χ1) is 14.0. The van der Waals surface area contributed by atoms with E-state index in [-0.39, 0.29) is 17.2 Å². The molecule has 0 radical (unpaired) electrons. The van der Waals surface area contributed by atoms with E-state index in [2.05, 4.69) is 10.6 Å². The fraction of sp³-hybridized carbons (Fsp3) is 0.304. The minimum Gasteiger partial charge on any atom is -0.450 e. The van der Waals surface area contributed by atoms with Crippen molar-refractivity contribution in [1.29, 1.82) is 0 Å². The summed E-state index contributed by atoms with van der Waals surface area (Å²) in [5.74, 6) is -0.760. The van der Waals surface area contributed by atoms with Crippen LogP contribution in [0.25, 0.3) is 11.0 Å². The number of halogens is 1. The van der Waals surface area contributed by atoms with E-state index in [1.807, 2.05) is 45.0 Å². The van der Waals surface area contributed by atoms with Gasteiger partial charge >= 0.3 is 0 Å². The van der Waals surface area contributed by atoms with Crippen LogP contribution < -0.4 is 10.6 Å². The Morgan fingerprint density at radius 2 is 1.76 bits per heavy atom. The molecule has 0 unspecified atom stereocenters. The first-order valence-electron chi connectivity index (χ1n) is 9.93. The van der Waals surface area contributed by atoms with Gasteiger partial charge < -0.3 is 15.1 Å². The largest absolute Gasteiger partial charge is 0.450 e. The number of nitrogens with one attached hydrogen (secondary N) is 2. The summed E-state index contributed by atoms with van der Waals surface area (Å²) in [6.45, 7) is 6.48. The fourth-order valence-electron chi connectivity index (χ4n) is 3.39. The van der Waals surface area contributed by atoms with Crippen LogP contribution in [0.5, 0.6) is 0 Å². The maximum absolute atomic E-state index is 13.3. The molecule has 2 amide bonds. The molecule has 1 heterocycles. The lowest BCUT2D eigenvalue weighted by atomic mass is 10.0. The van der Waals surface area contributed by atoms with Crippen molar-refractivity contribution >= 4 is 40.1 Å². The van der Waals surface area contributed by atoms with Crippen LogP contribution in [-0.4, -0.2) is 18.4 Å². The number of aryl methyl sites for hydroxylation is 1. The van der Waals surface area contributed by atoms with Gasteiger partial charge in [-0.05, 0) is 42.5 Å². The zero-order valence-corrected chi connectivity index (χ0v) is 17.7. The second-order valence-corrected chi connectivity index (χ2v) is 7.19. The quantitative estimate of drug-likeness (QED) is 0.530. The van der Waals surface area contributed by atoms with Gasteiger partial charge in [-0.1, -0.05) is 56.6 Å². The summed E-state index contributed by atoms with van der Waals surface area (Å²) in [5, 5.41) is 7.00. The molecule has 0 aliphatic heterocycles. The number of rotatable bonds is 7. The summed E-state index contributed by atoms with van der Waals surface area (Å²) in [5.41, 5.74) is 3.31. The third-order valence-corrected chi connectivity index (χ3v) is 5.23. The molecule has 3 aromatic rings. The number of hydrogen-bond donors (Lipinski definition) is 2. The molecule has 0 aliphatic carbocycles. The number of benzene rings is 2. The van der Waals surface area contributed by atoms with E-state index >= 15 is 0 Å². The molecule has 2 N–H and O–H groups in total. The first-order valence-corrected chi connectivity index (χ1v) is 10.3. The molecule has 3 rings (SSSR count). The number of hydrogen-bond acceptors (Lipinski definition) is 3. The lowest BCUT2D eigenvalue weighted by Gasteiger charge is -2.16. The van der Waals surface area contributed by atoms with Crippen molar-refractivity contribution in [3.8, 4) is 0 Å². The SMILES string of the molecule is CCCNC(=O)c1oc2ccccc2c1C(=O)Nc1c(CC)ccc(Cl)c1CC. The summed E-state index contributed by atoms with van der Waals surface area (Å²) in [7, 11) is 0. The van der Waals surface area contributed by atoms with Gasteiger partial charge in [0.05, 0.1) is 5.56 Å². The first kappa shape index (κ1) is 20.9. The van der Waals surface area contributed by atoms with E-state index in [0.29, 0.717) is 34.6 Å². The van der Waals surface area contributed by atoms with Crippen molar-refractivity contribution in [1.82, 2.24) is 5.32 Å². The average Bonchev–Trinajstić information content (AvgIpc) is 3.12. The van der Waals surface area contributed by atoms with Gasteiger partial charge in [0.1, 0.15) is 5.58 Å². The summed E-state index contributed by atoms with van der Waals surface area (Å²) in [6.07, 6.45) is 2.21. The van der Waals surface area contributed by atoms with Crippen LogP contribution in [0.15, 0.2) is 40.8 Å². The van der Waals surface area contributed by atoms with Crippen LogP contribution in [0, 0.1) is 0 Å². The number of carbonyl (C=O) groups excluding carboxylic acids is 2. The van der Waals surface area contributed by atoms with Gasteiger partial charge in [0.15, 0.2) is 0 Å². The van der Waals surface area contributed by atoms with E-state index in [0.717, 1.165) is 24.0 Å². The van der Waals surface area contributed by atoms with Gasteiger partial charge in [-0.3, -0.25) is 9.59 Å². The van der Waals surface area contributed by atoms with Gasteiger partial charge in [0.2, 0.25) is 5.76 Å². The van der Waals surface area contributed by atoms with Crippen LogP contribution in [0.2, 0.25) is 5.02 Å². The maximum Gasteiger partial charge on any atom is 0.287 e. The van der Waals surface area contributed by atoms with E-state index < -0.39 is 5.91 Å². The third kappa shape index (κ3) is 4.15. The lowest BCUT2D eigenvalue weighted by molar-refractivity contribution is 0.0915. The molecule has 2 aromatic carbocycles. The predicted molar refractivity (Wildman–Crippen MR) is 117 cm³/mol. The van der Waals surface area contributed by atoms with Crippen molar-refractivity contribution in [3.05, 3.63) is 63.9 Å². The third-order valence-electron chi connectivity index (χ3n) is 4.88. The molecular weight excluding hydrogens is 388 g/mol. The molecule has 0 saturated heterocycles. The fourth-order valence-corrected chi connectivity index (χ4v) is 3.68. The second-order valence-electron chi connectivity index (χ2n) is 6.78. The maximum atomic E-state index is 13.3. The Labute approximate surface area is 175 Å². The number of fused-ring (bicyclic) bond motifs is 1. The van der Waals surface area contributed by atoms with E-state index in [9.17, 15) is 9.59 Å². The van der Waals surface area contributed by atoms with Gasteiger partial charge in [-0.15, -0.1) is 0 Å². The molecular formula is C23H25ClN2O3. The van der Waals surface area contributed by atoms with Gasteiger partial charge in [-0.25, -0.2) is 0 Å². The molecule has 1 aromatic heterocycles. The van der Waals surface area contributed by atoms with Gasteiger partial charge in [-0.2, -0.15) is 0 Å². The lowest BCUT2D eigenvalue weighted by Crippen LogP contribution is -2.26. The minimum absolute atomic E-state index is 0.0234. The molecule has 29 heavy (non-hydrogen) atoms. The molecule has 0 bridgehead atoms. The standard InChI is InChI=1S/C23H25ClN2O3/c1-4-13-25-23(28)21-19(16-9-7-8-10-18(16)29-21)22(27)26-20-14(5-2)11-12-17(24)15(20)6-3/h7-12H,4-6,13H2,1-3H3,(H,25,28)(H,26,27). The summed E-state index contributed by atoms with van der Waals surface area (Å²) in [4.78, 5) is 26.0. The second kappa shape index (κ2) is 9.14. The van der Waals surface area contributed by atoms with Crippen LogP contribution in [-0.2, 0) is 12.8 Å². The predicted octanol–water partition coefficient (Wildman–Crippen LogP) is 5.60. The van der Waals surface area contributed by atoms with Gasteiger partial charge in [0, 0.05) is 22.6 Å². The number of furan rings is 1. The average molecular weight is 413 g/mol. The molecule has 0 aliphatic rings. The highest BCUT2D eigenvalue weighted by Crippen LogP contribution is 2.32. The van der Waals surface area contributed by atoms with Crippen LogP contribution in [0.3, 0.4) is 0 Å². The van der Waals surface area contributed by atoms with Crippen molar-refractivity contribution in [2.45, 2.75) is 40.0 Å². The minimum atomic E-state index is -0.397. The number of anilines is 1. The monoisotopic (exact) mass is 412 g/mol. The number of para-hydroxylation sites is 1. The Balaban J connectivity index is 2.08. The number of carbonyl (C=O) groups is 2. The van der Waals surface area contributed by atoms with E-state index in [4.69, 9.17) is 16.0 Å². The summed E-state index contributed by atoms with van der Waals surface area (Å²) < 4.78 is 5.75. The number of amides is 2. The zero-order valence-electron chi connectivity index (χ0n) is 16.9. The Kier molecular flexibility index (Phi) is 6.60. The highest BCUT2D eigenvalue weighted by molar-refractivity contribution is 6.32. The highest BCUT2D eigenvalue weighted by Gasteiger charge is 2.26. The molecule has 6 heteroatoms. The Hall–Kier alpha value is -2.79. The Bertz CT molecular complexity index is 1060. The van der Waals surface area contributed by atoms with Crippen LogP contribution >= 0.6 is 11.6 Å². The zero-order chi connectivity index (χ0) is 21.0. The molecule has 0 spiro atoms. The summed E-state index contributed by atoms with van der Waals surface area (Å²) in [6, 6.07) is 10.9. The van der Waals surface area contributed by atoms with Crippen molar-refractivity contribution in [3.63, 3.8) is 0 Å². The Morgan fingerprint density at radius 1 is 1.00 bits per heavy atom. The molecule has 5 nitrogen and oxygen atoms in total. The molecule has 0 atom stereocenters. The van der Waals surface area contributed by atoms with Crippen LogP contribution in [0.1, 0.15) is 59.2 Å².